The Kier molecular flexibility index (Phi) is 7.29. The predicted molar refractivity (Wildman–Crippen MR) is 83.4 cm³/mol. The number of nitrogens with one attached hydrogen (secondary N) is 2. The van der Waals surface area contributed by atoms with Crippen LogP contribution in [0.1, 0.15) is 40.0 Å². The first kappa shape index (κ1) is 17.0. The van der Waals surface area contributed by atoms with Gasteiger partial charge in [-0.05, 0) is 32.4 Å². The largest absolute Gasteiger partial charge is 0.489 e. The smallest absolute Gasteiger partial charge is 0.243 e. The first-order chi connectivity index (χ1) is 10.0. The van der Waals surface area contributed by atoms with Gasteiger partial charge < -0.3 is 15.4 Å². The lowest BCUT2D eigenvalue weighted by Crippen LogP contribution is -2.32. The molecule has 0 bridgehead atoms. The van der Waals surface area contributed by atoms with Crippen molar-refractivity contribution in [1.29, 1.82) is 0 Å². The van der Waals surface area contributed by atoms with Gasteiger partial charge in [0.2, 0.25) is 11.8 Å². The highest BCUT2D eigenvalue weighted by molar-refractivity contribution is 5.95. The zero-order chi connectivity index (χ0) is 15.7. The average molecular weight is 292 g/mol. The molecule has 5 nitrogen and oxygen atoms in total. The summed E-state index contributed by atoms with van der Waals surface area (Å²) >= 11 is 0. The molecular formula is C16H24N2O3. The standard InChI is InChI=1S/C16H24N2O3/c1-4-5-10-15(19)17-11-16(20)18-13-8-6-7-9-14(13)21-12(2)3/h6-9,12H,4-5,10-11H2,1-3H3,(H,17,19)(H,18,20). The minimum Gasteiger partial charge on any atom is -0.489 e. The molecule has 1 aromatic carbocycles. The third-order valence-electron chi connectivity index (χ3n) is 2.73. The van der Waals surface area contributed by atoms with Crippen LogP contribution in [0.4, 0.5) is 5.69 Å². The summed E-state index contributed by atoms with van der Waals surface area (Å²) in [6.07, 6.45) is 2.27. The Morgan fingerprint density at radius 3 is 2.57 bits per heavy atom. The highest BCUT2D eigenvalue weighted by atomic mass is 16.5. The van der Waals surface area contributed by atoms with Crippen molar-refractivity contribution in [1.82, 2.24) is 5.32 Å². The van der Waals surface area contributed by atoms with Crippen LogP contribution in [-0.2, 0) is 9.59 Å². The highest BCUT2D eigenvalue weighted by Crippen LogP contribution is 2.24. The third-order valence-corrected chi connectivity index (χ3v) is 2.73. The molecule has 0 aliphatic rings. The molecule has 0 spiro atoms. The van der Waals surface area contributed by atoms with E-state index in [9.17, 15) is 9.59 Å². The van der Waals surface area contributed by atoms with Crippen LogP contribution >= 0.6 is 0 Å². The number of carbonyl (C=O) groups is 2. The van der Waals surface area contributed by atoms with E-state index >= 15 is 0 Å². The fraction of sp³-hybridized carbons (Fsp3) is 0.500. The van der Waals surface area contributed by atoms with E-state index in [0.29, 0.717) is 17.9 Å². The van der Waals surface area contributed by atoms with Crippen molar-refractivity contribution in [3.63, 3.8) is 0 Å². The quantitative estimate of drug-likeness (QED) is 0.774. The molecule has 0 unspecified atom stereocenters. The van der Waals surface area contributed by atoms with E-state index in [4.69, 9.17) is 4.74 Å². The summed E-state index contributed by atoms with van der Waals surface area (Å²) in [5.74, 6) is 0.261. The molecule has 0 atom stereocenters. The second kappa shape index (κ2) is 9.00. The van der Waals surface area contributed by atoms with Gasteiger partial charge in [0, 0.05) is 6.42 Å². The van der Waals surface area contributed by atoms with Gasteiger partial charge in [-0.2, -0.15) is 0 Å². The molecule has 0 heterocycles. The fourth-order valence-electron chi connectivity index (χ4n) is 1.73. The summed E-state index contributed by atoms with van der Waals surface area (Å²) in [6, 6.07) is 7.24. The van der Waals surface area contributed by atoms with Crippen molar-refractivity contribution in [3.05, 3.63) is 24.3 Å². The van der Waals surface area contributed by atoms with E-state index < -0.39 is 0 Å². The Balaban J connectivity index is 2.49. The van der Waals surface area contributed by atoms with Crippen LogP contribution in [-0.4, -0.2) is 24.5 Å². The molecule has 1 rings (SSSR count). The van der Waals surface area contributed by atoms with Crippen molar-refractivity contribution < 1.29 is 14.3 Å². The SMILES string of the molecule is CCCCC(=O)NCC(=O)Nc1ccccc1OC(C)C. The predicted octanol–water partition coefficient (Wildman–Crippen LogP) is 2.72. The minimum atomic E-state index is -0.264. The number of anilines is 1. The van der Waals surface area contributed by atoms with Gasteiger partial charge in [-0.25, -0.2) is 0 Å². The molecule has 2 amide bonds. The van der Waals surface area contributed by atoms with Gasteiger partial charge in [0.25, 0.3) is 0 Å². The monoisotopic (exact) mass is 292 g/mol. The van der Waals surface area contributed by atoms with Crippen molar-refractivity contribution in [2.24, 2.45) is 0 Å². The van der Waals surface area contributed by atoms with Gasteiger partial charge in [-0.1, -0.05) is 25.5 Å². The lowest BCUT2D eigenvalue weighted by molar-refractivity contribution is -0.124. The number of para-hydroxylation sites is 2. The molecule has 2 N–H and O–H groups in total. The van der Waals surface area contributed by atoms with E-state index in [1.807, 2.05) is 32.9 Å². The topological polar surface area (TPSA) is 67.4 Å². The number of carbonyl (C=O) groups excluding carboxylic acids is 2. The maximum absolute atomic E-state index is 11.8. The lowest BCUT2D eigenvalue weighted by Gasteiger charge is -2.14. The molecule has 1 aromatic rings. The van der Waals surface area contributed by atoms with Crippen molar-refractivity contribution in [2.45, 2.75) is 46.1 Å². The number of benzene rings is 1. The minimum absolute atomic E-state index is 0.0248. The first-order valence-corrected chi connectivity index (χ1v) is 7.35. The molecule has 21 heavy (non-hydrogen) atoms. The summed E-state index contributed by atoms with van der Waals surface area (Å²) in [6.45, 7) is 5.84. The molecule has 0 aliphatic carbocycles. The van der Waals surface area contributed by atoms with E-state index in [2.05, 4.69) is 10.6 Å². The Morgan fingerprint density at radius 1 is 1.19 bits per heavy atom. The number of amides is 2. The molecule has 116 valence electrons. The van der Waals surface area contributed by atoms with Crippen LogP contribution in [0, 0.1) is 0 Å². The van der Waals surface area contributed by atoms with Crippen molar-refractivity contribution in [2.75, 3.05) is 11.9 Å². The second-order valence-electron chi connectivity index (χ2n) is 5.09. The van der Waals surface area contributed by atoms with Gasteiger partial charge in [0.15, 0.2) is 0 Å². The van der Waals surface area contributed by atoms with E-state index in [1.54, 1.807) is 12.1 Å². The van der Waals surface area contributed by atoms with Crippen LogP contribution in [0.2, 0.25) is 0 Å². The third kappa shape index (κ3) is 6.79. The molecule has 5 heteroatoms. The molecule has 0 aromatic heterocycles. The van der Waals surface area contributed by atoms with Crippen LogP contribution in [0.5, 0.6) is 5.75 Å². The Labute approximate surface area is 126 Å². The maximum Gasteiger partial charge on any atom is 0.243 e. The summed E-state index contributed by atoms with van der Waals surface area (Å²) in [5, 5.41) is 5.35. The zero-order valence-corrected chi connectivity index (χ0v) is 12.9. The van der Waals surface area contributed by atoms with Crippen LogP contribution < -0.4 is 15.4 Å². The van der Waals surface area contributed by atoms with Crippen molar-refractivity contribution >= 4 is 17.5 Å². The summed E-state index contributed by atoms with van der Waals surface area (Å²) < 4.78 is 5.62. The molecule has 0 fully saturated rings. The van der Waals surface area contributed by atoms with Gasteiger partial charge >= 0.3 is 0 Å². The molecular weight excluding hydrogens is 268 g/mol. The summed E-state index contributed by atoms with van der Waals surface area (Å²) in [7, 11) is 0. The van der Waals surface area contributed by atoms with E-state index in [0.717, 1.165) is 12.8 Å². The number of hydrogen-bond donors (Lipinski definition) is 2. The number of hydrogen-bond acceptors (Lipinski definition) is 3. The number of rotatable bonds is 8. The molecule has 0 saturated heterocycles. The molecule has 0 aliphatic heterocycles. The summed E-state index contributed by atoms with van der Waals surface area (Å²) in [5.41, 5.74) is 0.610. The fourth-order valence-corrected chi connectivity index (χ4v) is 1.73. The average Bonchev–Trinajstić information content (AvgIpc) is 2.44. The zero-order valence-electron chi connectivity index (χ0n) is 12.9. The van der Waals surface area contributed by atoms with E-state index in [-0.39, 0.29) is 24.5 Å². The van der Waals surface area contributed by atoms with Crippen LogP contribution in [0.3, 0.4) is 0 Å². The maximum atomic E-state index is 11.8. The Morgan fingerprint density at radius 2 is 1.90 bits per heavy atom. The Hall–Kier alpha value is -2.04. The van der Waals surface area contributed by atoms with Crippen LogP contribution in [0.15, 0.2) is 24.3 Å². The second-order valence-corrected chi connectivity index (χ2v) is 5.09. The normalized spacial score (nSPS) is 10.3. The number of unbranched alkanes of at least 4 members (excludes halogenated alkanes) is 1. The van der Waals surface area contributed by atoms with Gasteiger partial charge in [0.1, 0.15) is 5.75 Å². The lowest BCUT2D eigenvalue weighted by atomic mass is 10.2. The van der Waals surface area contributed by atoms with Gasteiger partial charge in [0.05, 0.1) is 18.3 Å². The summed E-state index contributed by atoms with van der Waals surface area (Å²) in [4.78, 5) is 23.3. The molecule has 0 saturated carbocycles. The molecule has 0 radical (unpaired) electrons. The van der Waals surface area contributed by atoms with Crippen molar-refractivity contribution in [3.8, 4) is 5.75 Å². The van der Waals surface area contributed by atoms with Gasteiger partial charge in [-0.15, -0.1) is 0 Å². The first-order valence-electron chi connectivity index (χ1n) is 7.35. The number of ether oxygens (including phenoxy) is 1. The Bertz CT molecular complexity index is 472. The van der Waals surface area contributed by atoms with Gasteiger partial charge in [-0.3, -0.25) is 9.59 Å². The highest BCUT2D eigenvalue weighted by Gasteiger charge is 2.09. The van der Waals surface area contributed by atoms with E-state index in [1.165, 1.54) is 0 Å². The van der Waals surface area contributed by atoms with Crippen LogP contribution in [0.25, 0.3) is 0 Å².